The highest BCUT2D eigenvalue weighted by atomic mass is 16.5. The van der Waals surface area contributed by atoms with Gasteiger partial charge in [-0.05, 0) is 13.3 Å². The Morgan fingerprint density at radius 2 is 2.21 bits per heavy atom. The SMILES string of the molecule is CCC(C)Oc1ncnc(N)c1OC. The third kappa shape index (κ3) is 2.25. The Hall–Kier alpha value is -1.52. The third-order valence-electron chi connectivity index (χ3n) is 1.89. The van der Waals surface area contributed by atoms with Crippen molar-refractivity contribution in [2.45, 2.75) is 26.4 Å². The van der Waals surface area contributed by atoms with Crippen LogP contribution in [0.4, 0.5) is 5.82 Å². The minimum Gasteiger partial charge on any atom is -0.489 e. The number of hydrogen-bond acceptors (Lipinski definition) is 5. The monoisotopic (exact) mass is 197 g/mol. The van der Waals surface area contributed by atoms with Crippen LogP contribution in [0.5, 0.6) is 11.6 Å². The number of methoxy groups -OCH3 is 1. The Balaban J connectivity index is 2.90. The van der Waals surface area contributed by atoms with Crippen LogP contribution in [0.1, 0.15) is 20.3 Å². The lowest BCUT2D eigenvalue weighted by Gasteiger charge is -2.14. The number of nitrogens with two attached hydrogens (primary N) is 1. The number of aromatic nitrogens is 2. The fraction of sp³-hybridized carbons (Fsp3) is 0.556. The fourth-order valence-electron chi connectivity index (χ4n) is 0.920. The molecule has 78 valence electrons. The van der Waals surface area contributed by atoms with Crippen LogP contribution in [0.15, 0.2) is 6.33 Å². The van der Waals surface area contributed by atoms with Gasteiger partial charge < -0.3 is 15.2 Å². The molecule has 0 amide bonds. The molecule has 1 aromatic heterocycles. The first-order valence-corrected chi connectivity index (χ1v) is 4.50. The predicted molar refractivity (Wildman–Crippen MR) is 53.4 cm³/mol. The number of hydrogen-bond donors (Lipinski definition) is 1. The van der Waals surface area contributed by atoms with Crippen molar-refractivity contribution in [3.05, 3.63) is 6.33 Å². The molecule has 0 radical (unpaired) electrons. The molecule has 0 aliphatic heterocycles. The molecule has 1 unspecified atom stereocenters. The molecule has 1 aromatic rings. The molecule has 0 aliphatic rings. The van der Waals surface area contributed by atoms with Crippen molar-refractivity contribution >= 4 is 5.82 Å². The molecule has 2 N–H and O–H groups in total. The van der Waals surface area contributed by atoms with Crippen molar-refractivity contribution in [3.63, 3.8) is 0 Å². The molecular weight excluding hydrogens is 182 g/mol. The van der Waals surface area contributed by atoms with Crippen molar-refractivity contribution < 1.29 is 9.47 Å². The smallest absolute Gasteiger partial charge is 0.262 e. The van der Waals surface area contributed by atoms with Gasteiger partial charge in [0, 0.05) is 0 Å². The molecule has 0 fully saturated rings. The van der Waals surface area contributed by atoms with Crippen LogP contribution in [-0.4, -0.2) is 23.2 Å². The van der Waals surface area contributed by atoms with Crippen molar-refractivity contribution in [2.75, 3.05) is 12.8 Å². The molecule has 14 heavy (non-hydrogen) atoms. The molecule has 5 heteroatoms. The standard InChI is InChI=1S/C9H15N3O2/c1-4-6(2)14-9-7(13-3)8(10)11-5-12-9/h5-6H,4H2,1-3H3,(H2,10,11,12). The second-order valence-electron chi connectivity index (χ2n) is 2.93. The summed E-state index contributed by atoms with van der Waals surface area (Å²) in [6.45, 7) is 3.99. The van der Waals surface area contributed by atoms with Gasteiger partial charge in [0.15, 0.2) is 5.82 Å². The van der Waals surface area contributed by atoms with Crippen LogP contribution in [0.25, 0.3) is 0 Å². The van der Waals surface area contributed by atoms with E-state index in [1.165, 1.54) is 13.4 Å². The normalized spacial score (nSPS) is 12.2. The summed E-state index contributed by atoms with van der Waals surface area (Å²) in [6, 6.07) is 0. The van der Waals surface area contributed by atoms with Gasteiger partial charge in [-0.2, -0.15) is 4.98 Å². The van der Waals surface area contributed by atoms with Crippen molar-refractivity contribution in [1.29, 1.82) is 0 Å². The van der Waals surface area contributed by atoms with Gasteiger partial charge in [-0.3, -0.25) is 0 Å². The van der Waals surface area contributed by atoms with E-state index < -0.39 is 0 Å². The fourth-order valence-corrected chi connectivity index (χ4v) is 0.920. The van der Waals surface area contributed by atoms with E-state index in [0.29, 0.717) is 17.4 Å². The number of nitrogens with zero attached hydrogens (tertiary/aromatic N) is 2. The van der Waals surface area contributed by atoms with E-state index in [2.05, 4.69) is 9.97 Å². The lowest BCUT2D eigenvalue weighted by molar-refractivity contribution is 0.198. The lowest BCUT2D eigenvalue weighted by Crippen LogP contribution is -2.12. The average molecular weight is 197 g/mol. The van der Waals surface area contributed by atoms with Gasteiger partial charge in [-0.25, -0.2) is 4.98 Å². The summed E-state index contributed by atoms with van der Waals surface area (Å²) in [6.07, 6.45) is 2.33. The van der Waals surface area contributed by atoms with Gasteiger partial charge in [-0.15, -0.1) is 0 Å². The lowest BCUT2D eigenvalue weighted by atomic mass is 10.3. The number of nitrogen functional groups attached to an aromatic ring is 1. The summed E-state index contributed by atoms with van der Waals surface area (Å²) in [7, 11) is 1.51. The Morgan fingerprint density at radius 3 is 2.79 bits per heavy atom. The molecule has 5 nitrogen and oxygen atoms in total. The molecular formula is C9H15N3O2. The molecule has 1 heterocycles. The highest BCUT2D eigenvalue weighted by molar-refractivity contribution is 5.51. The maximum atomic E-state index is 5.59. The van der Waals surface area contributed by atoms with E-state index in [4.69, 9.17) is 15.2 Å². The van der Waals surface area contributed by atoms with Gasteiger partial charge in [0.1, 0.15) is 6.33 Å². The molecule has 1 atom stereocenters. The first kappa shape index (κ1) is 10.6. The van der Waals surface area contributed by atoms with E-state index in [0.717, 1.165) is 6.42 Å². The first-order chi connectivity index (χ1) is 6.69. The van der Waals surface area contributed by atoms with Gasteiger partial charge in [0.2, 0.25) is 5.75 Å². The largest absolute Gasteiger partial charge is 0.489 e. The first-order valence-electron chi connectivity index (χ1n) is 4.50. The van der Waals surface area contributed by atoms with Gasteiger partial charge in [0.05, 0.1) is 13.2 Å². The molecule has 0 aliphatic carbocycles. The molecule has 0 spiro atoms. The van der Waals surface area contributed by atoms with Gasteiger partial charge >= 0.3 is 0 Å². The van der Waals surface area contributed by atoms with Crippen LogP contribution >= 0.6 is 0 Å². The second-order valence-corrected chi connectivity index (χ2v) is 2.93. The summed E-state index contributed by atoms with van der Waals surface area (Å²) < 4.78 is 10.6. The highest BCUT2D eigenvalue weighted by Crippen LogP contribution is 2.29. The van der Waals surface area contributed by atoms with E-state index in [1.54, 1.807) is 0 Å². The van der Waals surface area contributed by atoms with E-state index >= 15 is 0 Å². The Kier molecular flexibility index (Phi) is 3.50. The summed E-state index contributed by atoms with van der Waals surface area (Å²) in [5, 5.41) is 0. The quantitative estimate of drug-likeness (QED) is 0.786. The van der Waals surface area contributed by atoms with E-state index in [1.807, 2.05) is 13.8 Å². The van der Waals surface area contributed by atoms with Crippen LogP contribution in [0.3, 0.4) is 0 Å². The van der Waals surface area contributed by atoms with Crippen LogP contribution in [-0.2, 0) is 0 Å². The predicted octanol–water partition coefficient (Wildman–Crippen LogP) is 1.24. The van der Waals surface area contributed by atoms with E-state index in [-0.39, 0.29) is 6.10 Å². The average Bonchev–Trinajstić information content (AvgIpc) is 2.18. The maximum absolute atomic E-state index is 5.59. The minimum absolute atomic E-state index is 0.0817. The zero-order chi connectivity index (χ0) is 10.6. The topological polar surface area (TPSA) is 70.3 Å². The molecule has 0 aromatic carbocycles. The van der Waals surface area contributed by atoms with Crippen LogP contribution in [0, 0.1) is 0 Å². The third-order valence-corrected chi connectivity index (χ3v) is 1.89. The van der Waals surface area contributed by atoms with E-state index in [9.17, 15) is 0 Å². The highest BCUT2D eigenvalue weighted by Gasteiger charge is 2.12. The van der Waals surface area contributed by atoms with Crippen molar-refractivity contribution in [1.82, 2.24) is 9.97 Å². The molecule has 0 saturated heterocycles. The van der Waals surface area contributed by atoms with Gasteiger partial charge in [0.25, 0.3) is 5.88 Å². The summed E-state index contributed by atoms with van der Waals surface area (Å²) in [4.78, 5) is 7.77. The number of rotatable bonds is 4. The summed E-state index contributed by atoms with van der Waals surface area (Å²) in [5.74, 6) is 1.09. The second kappa shape index (κ2) is 4.64. The Labute approximate surface area is 83.3 Å². The number of anilines is 1. The molecule has 1 rings (SSSR count). The van der Waals surface area contributed by atoms with Crippen LogP contribution in [0.2, 0.25) is 0 Å². The van der Waals surface area contributed by atoms with Crippen LogP contribution < -0.4 is 15.2 Å². The summed E-state index contributed by atoms with van der Waals surface area (Å²) in [5.41, 5.74) is 5.59. The summed E-state index contributed by atoms with van der Waals surface area (Å²) >= 11 is 0. The Bertz CT molecular complexity index is 304. The molecule has 0 bridgehead atoms. The maximum Gasteiger partial charge on any atom is 0.262 e. The van der Waals surface area contributed by atoms with Crippen molar-refractivity contribution in [3.8, 4) is 11.6 Å². The Morgan fingerprint density at radius 1 is 1.50 bits per heavy atom. The zero-order valence-electron chi connectivity index (χ0n) is 8.65. The minimum atomic E-state index is 0.0817. The number of ether oxygens (including phenoxy) is 2. The molecule has 0 saturated carbocycles. The zero-order valence-corrected chi connectivity index (χ0v) is 8.65. The van der Waals surface area contributed by atoms with Gasteiger partial charge in [-0.1, -0.05) is 6.92 Å². The van der Waals surface area contributed by atoms with Crippen molar-refractivity contribution in [2.24, 2.45) is 0 Å².